The SMILES string of the molecule is NC(=O)C1CC(C(=O)N2CCOC(c3ccccc3)C2)=NN1c1ccc(F)cc1. The number of hydrazone groups is 1. The van der Waals surface area contributed by atoms with Crippen LogP contribution < -0.4 is 10.7 Å². The van der Waals surface area contributed by atoms with E-state index in [0.29, 0.717) is 25.4 Å². The third-order valence-electron chi connectivity index (χ3n) is 5.10. The molecule has 2 unspecified atom stereocenters. The number of anilines is 1. The van der Waals surface area contributed by atoms with E-state index in [0.717, 1.165) is 5.56 Å². The topological polar surface area (TPSA) is 88.2 Å². The van der Waals surface area contributed by atoms with Crippen molar-refractivity contribution in [3.05, 3.63) is 66.0 Å². The highest BCUT2D eigenvalue weighted by Crippen LogP contribution is 2.27. The molecule has 8 heteroatoms. The molecule has 0 aromatic heterocycles. The monoisotopic (exact) mass is 396 g/mol. The molecule has 0 spiro atoms. The molecule has 2 amide bonds. The number of amides is 2. The molecule has 1 saturated heterocycles. The van der Waals surface area contributed by atoms with Gasteiger partial charge in [-0.2, -0.15) is 5.10 Å². The van der Waals surface area contributed by atoms with Crippen LogP contribution in [-0.4, -0.2) is 48.2 Å². The highest BCUT2D eigenvalue weighted by molar-refractivity contribution is 6.40. The van der Waals surface area contributed by atoms with Gasteiger partial charge in [0.2, 0.25) is 5.91 Å². The Balaban J connectivity index is 1.53. The van der Waals surface area contributed by atoms with E-state index in [2.05, 4.69) is 5.10 Å². The maximum atomic E-state index is 13.2. The number of carbonyl (C=O) groups is 2. The van der Waals surface area contributed by atoms with Crippen molar-refractivity contribution >= 4 is 23.2 Å². The van der Waals surface area contributed by atoms with Gasteiger partial charge in [0.05, 0.1) is 18.8 Å². The normalized spacial score (nSPS) is 21.8. The van der Waals surface area contributed by atoms with E-state index in [9.17, 15) is 14.0 Å². The number of carbonyl (C=O) groups excluding carboxylic acids is 2. The van der Waals surface area contributed by atoms with Gasteiger partial charge in [0.15, 0.2) is 0 Å². The average molecular weight is 396 g/mol. The summed E-state index contributed by atoms with van der Waals surface area (Å²) >= 11 is 0. The summed E-state index contributed by atoms with van der Waals surface area (Å²) in [5, 5.41) is 5.75. The molecule has 4 rings (SSSR count). The number of hydrogen-bond donors (Lipinski definition) is 1. The Bertz CT molecular complexity index is 933. The zero-order valence-electron chi connectivity index (χ0n) is 15.7. The number of nitrogens with two attached hydrogens (primary N) is 1. The summed E-state index contributed by atoms with van der Waals surface area (Å²) in [5.41, 5.74) is 7.28. The van der Waals surface area contributed by atoms with Crippen LogP contribution in [0, 0.1) is 5.82 Å². The van der Waals surface area contributed by atoms with Gasteiger partial charge in [0.1, 0.15) is 23.7 Å². The summed E-state index contributed by atoms with van der Waals surface area (Å²) in [6.07, 6.45) is -0.102. The van der Waals surface area contributed by atoms with E-state index >= 15 is 0 Å². The Morgan fingerprint density at radius 2 is 1.83 bits per heavy atom. The fourth-order valence-corrected chi connectivity index (χ4v) is 3.58. The molecule has 2 N–H and O–H groups in total. The molecule has 2 aromatic carbocycles. The van der Waals surface area contributed by atoms with Crippen molar-refractivity contribution in [3.63, 3.8) is 0 Å². The lowest BCUT2D eigenvalue weighted by Gasteiger charge is -2.33. The first-order valence-electron chi connectivity index (χ1n) is 9.40. The maximum absolute atomic E-state index is 13.2. The number of ether oxygens (including phenoxy) is 1. The molecule has 2 heterocycles. The molecule has 1 fully saturated rings. The number of nitrogens with zero attached hydrogens (tertiary/aromatic N) is 3. The van der Waals surface area contributed by atoms with Crippen molar-refractivity contribution in [3.8, 4) is 0 Å². The van der Waals surface area contributed by atoms with Crippen molar-refractivity contribution < 1.29 is 18.7 Å². The fourth-order valence-electron chi connectivity index (χ4n) is 3.58. The van der Waals surface area contributed by atoms with Crippen LogP contribution in [0.1, 0.15) is 18.1 Å². The molecule has 0 radical (unpaired) electrons. The Morgan fingerprint density at radius 3 is 2.52 bits per heavy atom. The second-order valence-corrected chi connectivity index (χ2v) is 7.01. The third-order valence-corrected chi connectivity index (χ3v) is 5.10. The minimum absolute atomic E-state index is 0.110. The van der Waals surface area contributed by atoms with E-state index in [1.165, 1.54) is 29.3 Å². The Morgan fingerprint density at radius 1 is 1.10 bits per heavy atom. The molecule has 2 atom stereocenters. The average Bonchev–Trinajstić information content (AvgIpc) is 3.20. The summed E-state index contributed by atoms with van der Waals surface area (Å²) in [6.45, 7) is 1.26. The molecule has 0 bridgehead atoms. The largest absolute Gasteiger partial charge is 0.370 e. The van der Waals surface area contributed by atoms with Gasteiger partial charge in [-0.3, -0.25) is 14.6 Å². The van der Waals surface area contributed by atoms with Gasteiger partial charge in [-0.1, -0.05) is 30.3 Å². The first-order chi connectivity index (χ1) is 14.0. The van der Waals surface area contributed by atoms with Gasteiger partial charge < -0.3 is 15.4 Å². The molecule has 0 saturated carbocycles. The summed E-state index contributed by atoms with van der Waals surface area (Å²) in [7, 11) is 0. The molecule has 0 aliphatic carbocycles. The first kappa shape index (κ1) is 19.1. The van der Waals surface area contributed by atoms with E-state index in [1.807, 2.05) is 30.3 Å². The third kappa shape index (κ3) is 3.97. The summed E-state index contributed by atoms with van der Waals surface area (Å²) in [5.74, 6) is -1.24. The minimum Gasteiger partial charge on any atom is -0.370 e. The number of rotatable bonds is 4. The fraction of sp³-hybridized carbons (Fsp3) is 0.286. The van der Waals surface area contributed by atoms with Gasteiger partial charge in [-0.25, -0.2) is 4.39 Å². The van der Waals surface area contributed by atoms with Crippen LogP contribution in [0.3, 0.4) is 0 Å². The Kier molecular flexibility index (Phi) is 5.26. The highest BCUT2D eigenvalue weighted by atomic mass is 19.1. The van der Waals surface area contributed by atoms with Gasteiger partial charge in [0.25, 0.3) is 5.91 Å². The van der Waals surface area contributed by atoms with E-state index in [4.69, 9.17) is 10.5 Å². The van der Waals surface area contributed by atoms with Gasteiger partial charge in [0, 0.05) is 13.0 Å². The zero-order valence-corrected chi connectivity index (χ0v) is 15.7. The Hall–Kier alpha value is -3.26. The number of primary amides is 1. The number of hydrogen-bond acceptors (Lipinski definition) is 5. The molecule has 150 valence electrons. The molecular formula is C21H21FN4O3. The van der Waals surface area contributed by atoms with Gasteiger partial charge in [-0.15, -0.1) is 0 Å². The lowest BCUT2D eigenvalue weighted by Crippen LogP contribution is -2.45. The molecule has 7 nitrogen and oxygen atoms in total. The maximum Gasteiger partial charge on any atom is 0.270 e. The van der Waals surface area contributed by atoms with Crippen LogP contribution in [0.5, 0.6) is 0 Å². The van der Waals surface area contributed by atoms with Gasteiger partial charge in [-0.05, 0) is 29.8 Å². The van der Waals surface area contributed by atoms with E-state index in [-0.39, 0.29) is 24.1 Å². The van der Waals surface area contributed by atoms with Crippen molar-refractivity contribution in [2.24, 2.45) is 10.8 Å². The van der Waals surface area contributed by atoms with Crippen LogP contribution in [0.25, 0.3) is 0 Å². The summed E-state index contributed by atoms with van der Waals surface area (Å²) in [6, 6.07) is 14.5. The van der Waals surface area contributed by atoms with Crippen molar-refractivity contribution in [2.45, 2.75) is 18.6 Å². The Labute approximate surface area is 167 Å². The molecule has 29 heavy (non-hydrogen) atoms. The van der Waals surface area contributed by atoms with Crippen LogP contribution >= 0.6 is 0 Å². The van der Waals surface area contributed by atoms with Crippen LogP contribution in [-0.2, 0) is 14.3 Å². The lowest BCUT2D eigenvalue weighted by molar-refractivity contribution is -0.131. The van der Waals surface area contributed by atoms with Crippen molar-refractivity contribution in [1.82, 2.24) is 4.90 Å². The predicted molar refractivity (Wildman–Crippen MR) is 106 cm³/mol. The quantitative estimate of drug-likeness (QED) is 0.854. The van der Waals surface area contributed by atoms with Crippen molar-refractivity contribution in [2.75, 3.05) is 24.7 Å². The first-order valence-corrected chi connectivity index (χ1v) is 9.40. The molecular weight excluding hydrogens is 375 g/mol. The second-order valence-electron chi connectivity index (χ2n) is 7.01. The summed E-state index contributed by atoms with van der Waals surface area (Å²) in [4.78, 5) is 26.7. The zero-order chi connectivity index (χ0) is 20.4. The highest BCUT2D eigenvalue weighted by Gasteiger charge is 2.37. The predicted octanol–water partition coefficient (Wildman–Crippen LogP) is 1.85. The van der Waals surface area contributed by atoms with E-state index in [1.54, 1.807) is 4.90 Å². The summed E-state index contributed by atoms with van der Waals surface area (Å²) < 4.78 is 19.0. The van der Waals surface area contributed by atoms with Crippen molar-refractivity contribution in [1.29, 1.82) is 0 Å². The van der Waals surface area contributed by atoms with E-state index < -0.39 is 17.8 Å². The molecule has 2 aromatic rings. The number of morpholine rings is 1. The number of benzene rings is 2. The smallest absolute Gasteiger partial charge is 0.270 e. The lowest BCUT2D eigenvalue weighted by atomic mass is 10.1. The molecule has 2 aliphatic rings. The molecule has 2 aliphatic heterocycles. The van der Waals surface area contributed by atoms with Crippen LogP contribution in [0.4, 0.5) is 10.1 Å². The van der Waals surface area contributed by atoms with Crippen LogP contribution in [0.2, 0.25) is 0 Å². The van der Waals surface area contributed by atoms with Crippen LogP contribution in [0.15, 0.2) is 59.7 Å². The minimum atomic E-state index is -0.787. The van der Waals surface area contributed by atoms with Gasteiger partial charge >= 0.3 is 0 Å². The number of halogens is 1. The second kappa shape index (κ2) is 8.00. The standard InChI is InChI=1S/C21H21FN4O3/c22-15-6-8-16(9-7-15)26-18(20(23)27)12-17(24-26)21(28)25-10-11-29-19(13-25)14-4-2-1-3-5-14/h1-9,18-19H,10-13H2,(H2,23,27).